The van der Waals surface area contributed by atoms with Crippen molar-refractivity contribution in [2.75, 3.05) is 39.3 Å². The van der Waals surface area contributed by atoms with Crippen LogP contribution in [0.15, 0.2) is 23.7 Å². The normalized spacial score (nSPS) is 27.3. The van der Waals surface area contributed by atoms with Gasteiger partial charge in [0.1, 0.15) is 0 Å². The Morgan fingerprint density at radius 2 is 2.07 bits per heavy atom. The molecule has 0 aliphatic carbocycles. The highest BCUT2D eigenvalue weighted by molar-refractivity contribution is 14.0. The van der Waals surface area contributed by atoms with Crippen molar-refractivity contribution in [3.63, 3.8) is 0 Å². The zero-order chi connectivity index (χ0) is 18.4. The average molecular weight is 488 g/mol. The summed E-state index contributed by atoms with van der Waals surface area (Å²) in [5, 5.41) is 3.54. The van der Waals surface area contributed by atoms with Crippen molar-refractivity contribution >= 4 is 29.9 Å². The lowest BCUT2D eigenvalue weighted by Crippen LogP contribution is -2.49. The topological polar surface area (TPSA) is 48.7 Å². The largest absolute Gasteiger partial charge is 0.357 e. The van der Waals surface area contributed by atoms with Gasteiger partial charge >= 0.3 is 0 Å². The van der Waals surface area contributed by atoms with Gasteiger partial charge in [-0.1, -0.05) is 20.3 Å². The molecular formula is C20H37IN6. The van der Waals surface area contributed by atoms with Crippen LogP contribution >= 0.6 is 24.0 Å². The number of aromatic nitrogens is 2. The number of nitrogens with zero attached hydrogens (tertiary/aromatic N) is 5. The molecule has 3 heterocycles. The van der Waals surface area contributed by atoms with Gasteiger partial charge in [0.05, 0.1) is 18.9 Å². The number of hydrogen-bond donors (Lipinski definition) is 1. The summed E-state index contributed by atoms with van der Waals surface area (Å²) in [4.78, 5) is 14.4. The summed E-state index contributed by atoms with van der Waals surface area (Å²) in [5.41, 5.74) is 0. The molecular weight excluding hydrogens is 451 g/mol. The quantitative estimate of drug-likeness (QED) is 0.393. The number of piperidine rings is 2. The van der Waals surface area contributed by atoms with Crippen LogP contribution in [0.25, 0.3) is 0 Å². The van der Waals surface area contributed by atoms with Gasteiger partial charge in [-0.05, 0) is 45.2 Å². The molecule has 1 aromatic heterocycles. The number of hydrogen-bond acceptors (Lipinski definition) is 3. The smallest absolute Gasteiger partial charge is 0.194 e. The Morgan fingerprint density at radius 3 is 2.78 bits per heavy atom. The van der Waals surface area contributed by atoms with E-state index < -0.39 is 0 Å². The van der Waals surface area contributed by atoms with E-state index in [0.29, 0.717) is 18.0 Å². The van der Waals surface area contributed by atoms with Crippen LogP contribution in [0.1, 0.15) is 52.5 Å². The highest BCUT2D eigenvalue weighted by atomic mass is 127. The van der Waals surface area contributed by atoms with E-state index in [0.717, 1.165) is 38.7 Å². The molecule has 1 N–H and O–H groups in total. The highest BCUT2D eigenvalue weighted by Gasteiger charge is 2.29. The second-order valence-corrected chi connectivity index (χ2v) is 7.76. The minimum absolute atomic E-state index is 0. The van der Waals surface area contributed by atoms with Gasteiger partial charge in [0.2, 0.25) is 0 Å². The van der Waals surface area contributed by atoms with Crippen LogP contribution in [0.5, 0.6) is 0 Å². The highest BCUT2D eigenvalue weighted by Crippen LogP contribution is 2.27. The van der Waals surface area contributed by atoms with E-state index in [9.17, 15) is 0 Å². The summed E-state index contributed by atoms with van der Waals surface area (Å²) in [7, 11) is 0. The van der Waals surface area contributed by atoms with Crippen LogP contribution in [0.4, 0.5) is 0 Å². The summed E-state index contributed by atoms with van der Waals surface area (Å²) in [6.45, 7) is 13.1. The van der Waals surface area contributed by atoms with Crippen molar-refractivity contribution in [1.29, 1.82) is 0 Å². The van der Waals surface area contributed by atoms with Crippen molar-refractivity contribution in [3.8, 4) is 0 Å². The maximum Gasteiger partial charge on any atom is 0.194 e. The van der Waals surface area contributed by atoms with E-state index in [1.54, 1.807) is 0 Å². The number of likely N-dealkylation sites (tertiary alicyclic amines) is 2. The van der Waals surface area contributed by atoms with Crippen molar-refractivity contribution in [2.24, 2.45) is 10.9 Å². The molecule has 2 fully saturated rings. The molecule has 27 heavy (non-hydrogen) atoms. The molecule has 2 aliphatic heterocycles. The van der Waals surface area contributed by atoms with Crippen molar-refractivity contribution in [2.45, 2.75) is 58.5 Å². The molecule has 0 bridgehead atoms. The number of nitrogens with one attached hydrogen (secondary N) is 1. The van der Waals surface area contributed by atoms with E-state index in [1.165, 1.54) is 32.2 Å². The van der Waals surface area contributed by atoms with Crippen molar-refractivity contribution < 1.29 is 0 Å². The Labute approximate surface area is 181 Å². The molecule has 0 aromatic carbocycles. The molecule has 6 nitrogen and oxygen atoms in total. The van der Waals surface area contributed by atoms with Crippen LogP contribution in [0.3, 0.4) is 0 Å². The van der Waals surface area contributed by atoms with Gasteiger partial charge in [0, 0.05) is 38.1 Å². The molecule has 1 aromatic rings. The fourth-order valence-corrected chi connectivity index (χ4v) is 4.40. The maximum absolute atomic E-state index is 5.06. The number of imidazole rings is 1. The molecule has 3 atom stereocenters. The second-order valence-electron chi connectivity index (χ2n) is 7.76. The lowest BCUT2D eigenvalue weighted by atomic mass is 9.93. The van der Waals surface area contributed by atoms with Crippen LogP contribution < -0.4 is 5.32 Å². The average Bonchev–Trinajstić information content (AvgIpc) is 3.20. The predicted octanol–water partition coefficient (Wildman–Crippen LogP) is 3.22. The van der Waals surface area contributed by atoms with Gasteiger partial charge in [0.25, 0.3) is 0 Å². The molecule has 2 aliphatic rings. The van der Waals surface area contributed by atoms with Gasteiger partial charge in [-0.15, -0.1) is 24.0 Å². The maximum atomic E-state index is 5.06. The summed E-state index contributed by atoms with van der Waals surface area (Å²) >= 11 is 0. The molecule has 0 amide bonds. The third-order valence-electron chi connectivity index (χ3n) is 6.07. The van der Waals surface area contributed by atoms with E-state index >= 15 is 0 Å². The first kappa shape index (κ1) is 22.5. The minimum atomic E-state index is 0. The molecule has 7 heteroatoms. The summed E-state index contributed by atoms with van der Waals surface area (Å²) in [6, 6.07) is 1.08. The van der Waals surface area contributed by atoms with Crippen molar-refractivity contribution in [1.82, 2.24) is 24.7 Å². The third kappa shape index (κ3) is 5.82. The van der Waals surface area contributed by atoms with Crippen molar-refractivity contribution in [3.05, 3.63) is 18.7 Å². The zero-order valence-corrected chi connectivity index (χ0v) is 19.5. The SMILES string of the molecule is CCNC(=NCC1CCCCN1CC)N1CCC(C)C(n2ccnc2)C1.I. The van der Waals surface area contributed by atoms with Gasteiger partial charge in [-0.2, -0.15) is 0 Å². The Hall–Kier alpha value is -0.830. The number of aliphatic imine (C=N–C) groups is 1. The Morgan fingerprint density at radius 1 is 1.22 bits per heavy atom. The van der Waals surface area contributed by atoms with E-state index in [-0.39, 0.29) is 24.0 Å². The molecule has 3 unspecified atom stereocenters. The van der Waals surface area contributed by atoms with E-state index in [2.05, 4.69) is 51.6 Å². The van der Waals surface area contributed by atoms with Crippen LogP contribution in [0.2, 0.25) is 0 Å². The number of halogens is 1. The first-order valence-corrected chi connectivity index (χ1v) is 10.5. The minimum Gasteiger partial charge on any atom is -0.357 e. The summed E-state index contributed by atoms with van der Waals surface area (Å²) in [6.07, 6.45) is 11.1. The van der Waals surface area contributed by atoms with Crippen LogP contribution in [-0.4, -0.2) is 70.6 Å². The Balaban J connectivity index is 0.00000261. The Bertz CT molecular complexity index is 561. The monoisotopic (exact) mass is 488 g/mol. The predicted molar refractivity (Wildman–Crippen MR) is 123 cm³/mol. The van der Waals surface area contributed by atoms with Gasteiger partial charge in [-0.3, -0.25) is 9.89 Å². The fourth-order valence-electron chi connectivity index (χ4n) is 4.40. The fraction of sp³-hybridized carbons (Fsp3) is 0.800. The molecule has 0 spiro atoms. The molecule has 0 radical (unpaired) electrons. The Kier molecular flexibility index (Phi) is 9.35. The lowest BCUT2D eigenvalue weighted by molar-refractivity contribution is 0.160. The second kappa shape index (κ2) is 11.2. The zero-order valence-electron chi connectivity index (χ0n) is 17.2. The van der Waals surface area contributed by atoms with Crippen LogP contribution in [0, 0.1) is 5.92 Å². The standard InChI is InChI=1S/C20H36N6.HI/c1-4-22-20(23-14-18-8-6-7-11-24(18)5-2)25-12-9-17(3)19(15-25)26-13-10-21-16-26;/h10,13,16-19H,4-9,11-12,14-15H2,1-3H3,(H,22,23);1H. The van der Waals surface area contributed by atoms with E-state index in [1.807, 2.05) is 12.5 Å². The van der Waals surface area contributed by atoms with Gasteiger partial charge in [-0.25, -0.2) is 4.98 Å². The summed E-state index contributed by atoms with van der Waals surface area (Å²) in [5.74, 6) is 1.75. The number of guanidine groups is 1. The van der Waals surface area contributed by atoms with E-state index in [4.69, 9.17) is 4.99 Å². The van der Waals surface area contributed by atoms with Gasteiger partial charge < -0.3 is 14.8 Å². The molecule has 154 valence electrons. The number of rotatable bonds is 5. The number of likely N-dealkylation sites (N-methyl/N-ethyl adjacent to an activating group) is 1. The van der Waals surface area contributed by atoms with Crippen LogP contribution in [-0.2, 0) is 0 Å². The first-order chi connectivity index (χ1) is 12.7. The van der Waals surface area contributed by atoms with Gasteiger partial charge in [0.15, 0.2) is 5.96 Å². The first-order valence-electron chi connectivity index (χ1n) is 10.5. The summed E-state index contributed by atoms with van der Waals surface area (Å²) < 4.78 is 2.26. The molecule has 2 saturated heterocycles. The molecule has 0 saturated carbocycles. The molecule has 3 rings (SSSR count). The lowest BCUT2D eigenvalue weighted by Gasteiger charge is -2.39. The third-order valence-corrected chi connectivity index (χ3v) is 6.07.